The minimum Gasteiger partial charge on any atom is -0.494 e. The molecule has 0 bridgehead atoms. The summed E-state index contributed by atoms with van der Waals surface area (Å²) in [6.07, 6.45) is 1.13. The maximum Gasteiger partial charge on any atom is 0.230 e. The van der Waals surface area contributed by atoms with Gasteiger partial charge in [0, 0.05) is 11.1 Å². The van der Waals surface area contributed by atoms with Crippen LogP contribution in [0.1, 0.15) is 30.2 Å². The Morgan fingerprint density at radius 3 is 2.68 bits per heavy atom. The molecule has 5 heteroatoms. The Hall–Kier alpha value is -2.82. The molecule has 0 atom stereocenters. The molecule has 0 aliphatic carbocycles. The zero-order valence-electron chi connectivity index (χ0n) is 14.8. The van der Waals surface area contributed by atoms with Gasteiger partial charge in [-0.15, -0.1) is 0 Å². The van der Waals surface area contributed by atoms with Gasteiger partial charge in [-0.05, 0) is 61.7 Å². The van der Waals surface area contributed by atoms with Crippen LogP contribution in [0.15, 0.2) is 40.9 Å². The Balaban J connectivity index is 1.69. The van der Waals surface area contributed by atoms with E-state index in [0.29, 0.717) is 12.3 Å². The summed E-state index contributed by atoms with van der Waals surface area (Å²) in [4.78, 5) is 12.3. The summed E-state index contributed by atoms with van der Waals surface area (Å²) in [5.74, 6) is 0.672. The number of carbonyl (C=O) groups is 1. The number of ether oxygens (including phenoxy) is 1. The maximum atomic E-state index is 12.3. The van der Waals surface area contributed by atoms with Crippen LogP contribution in [0.4, 0.5) is 5.69 Å². The first-order valence-electron chi connectivity index (χ1n) is 8.45. The largest absolute Gasteiger partial charge is 0.494 e. The van der Waals surface area contributed by atoms with Crippen LogP contribution >= 0.6 is 0 Å². The van der Waals surface area contributed by atoms with Gasteiger partial charge in [0.2, 0.25) is 5.91 Å². The van der Waals surface area contributed by atoms with E-state index < -0.39 is 0 Å². The number of aromatic nitrogens is 1. The second-order valence-corrected chi connectivity index (χ2v) is 6.18. The molecule has 1 amide bonds. The number of carbonyl (C=O) groups excluding carboxylic acids is 1. The number of amides is 1. The summed E-state index contributed by atoms with van der Waals surface area (Å²) >= 11 is 0. The van der Waals surface area contributed by atoms with E-state index in [9.17, 15) is 4.79 Å². The van der Waals surface area contributed by atoms with Crippen LogP contribution in [0.5, 0.6) is 5.75 Å². The van der Waals surface area contributed by atoms with Crippen LogP contribution < -0.4 is 10.1 Å². The molecule has 25 heavy (non-hydrogen) atoms. The lowest BCUT2D eigenvalue weighted by Gasteiger charge is -2.07. The highest BCUT2D eigenvalue weighted by molar-refractivity contribution is 5.95. The van der Waals surface area contributed by atoms with E-state index in [4.69, 9.17) is 9.26 Å². The summed E-state index contributed by atoms with van der Waals surface area (Å²) in [5, 5.41) is 7.87. The molecule has 0 saturated carbocycles. The average Bonchev–Trinajstić information content (AvgIpc) is 2.97. The first-order chi connectivity index (χ1) is 12.1. The Kier molecular flexibility index (Phi) is 5.03. The summed E-state index contributed by atoms with van der Waals surface area (Å²) in [7, 11) is 0. The molecule has 1 heterocycles. The van der Waals surface area contributed by atoms with Crippen molar-refractivity contribution in [2.75, 3.05) is 11.9 Å². The lowest BCUT2D eigenvalue weighted by molar-refractivity contribution is -0.115. The second-order valence-electron chi connectivity index (χ2n) is 6.18. The lowest BCUT2D eigenvalue weighted by atomic mass is 10.0. The topological polar surface area (TPSA) is 64.4 Å². The van der Waals surface area contributed by atoms with E-state index in [0.717, 1.165) is 40.0 Å². The van der Waals surface area contributed by atoms with Gasteiger partial charge in [-0.2, -0.15) is 0 Å². The number of fused-ring (bicyclic) bond motifs is 1. The van der Waals surface area contributed by atoms with Crippen LogP contribution in [0, 0.1) is 13.8 Å². The summed E-state index contributed by atoms with van der Waals surface area (Å²) in [6.45, 7) is 6.76. The molecule has 0 aliphatic rings. The number of hydrogen-bond donors (Lipinski definition) is 1. The normalized spacial score (nSPS) is 10.8. The van der Waals surface area contributed by atoms with E-state index in [2.05, 4.69) is 23.5 Å². The molecule has 3 rings (SSSR count). The molecule has 0 aliphatic heterocycles. The molecular formula is C20H22N2O3. The van der Waals surface area contributed by atoms with Crippen molar-refractivity contribution in [3.05, 3.63) is 53.2 Å². The lowest BCUT2D eigenvalue weighted by Crippen LogP contribution is -2.14. The SMILES string of the molecule is CCCOc1ccc(NC(=O)Cc2noc3cc(C)cc(C)c23)cc1. The second kappa shape index (κ2) is 7.38. The van der Waals surface area contributed by atoms with Crippen LogP contribution in [0.25, 0.3) is 11.0 Å². The average molecular weight is 338 g/mol. The standard InChI is InChI=1S/C20H22N2O3/c1-4-9-24-16-7-5-15(6-8-16)21-19(23)12-17-20-14(3)10-13(2)11-18(20)25-22-17/h5-8,10-11H,4,9,12H2,1-3H3,(H,21,23). The Morgan fingerprint density at radius 1 is 1.20 bits per heavy atom. The van der Waals surface area contributed by atoms with Crippen molar-refractivity contribution >= 4 is 22.6 Å². The van der Waals surface area contributed by atoms with Crippen LogP contribution in [-0.2, 0) is 11.2 Å². The number of nitrogens with one attached hydrogen (secondary N) is 1. The molecule has 0 fully saturated rings. The van der Waals surface area contributed by atoms with Crippen molar-refractivity contribution in [3.63, 3.8) is 0 Å². The molecule has 0 saturated heterocycles. The van der Waals surface area contributed by atoms with Gasteiger partial charge in [0.1, 0.15) is 11.4 Å². The van der Waals surface area contributed by atoms with Crippen molar-refractivity contribution in [3.8, 4) is 5.75 Å². The molecule has 0 unspecified atom stereocenters. The summed E-state index contributed by atoms with van der Waals surface area (Å²) in [6, 6.07) is 11.4. The van der Waals surface area contributed by atoms with Gasteiger partial charge >= 0.3 is 0 Å². The first kappa shape index (κ1) is 17.0. The Morgan fingerprint density at radius 2 is 1.96 bits per heavy atom. The van der Waals surface area contributed by atoms with Gasteiger partial charge in [-0.25, -0.2) is 0 Å². The van der Waals surface area contributed by atoms with Crippen molar-refractivity contribution in [2.45, 2.75) is 33.6 Å². The highest BCUT2D eigenvalue weighted by Gasteiger charge is 2.15. The van der Waals surface area contributed by atoms with Crippen LogP contribution in [0.3, 0.4) is 0 Å². The van der Waals surface area contributed by atoms with Crippen LogP contribution in [0.2, 0.25) is 0 Å². The van der Waals surface area contributed by atoms with Crippen molar-refractivity contribution in [1.82, 2.24) is 5.16 Å². The summed E-state index contributed by atoms with van der Waals surface area (Å²) < 4.78 is 10.9. The molecule has 1 aromatic heterocycles. The monoisotopic (exact) mass is 338 g/mol. The molecule has 3 aromatic rings. The molecule has 130 valence electrons. The van der Waals surface area contributed by atoms with Gasteiger partial charge in [0.05, 0.1) is 13.0 Å². The van der Waals surface area contributed by atoms with Gasteiger partial charge < -0.3 is 14.6 Å². The van der Waals surface area contributed by atoms with E-state index in [1.54, 1.807) is 0 Å². The van der Waals surface area contributed by atoms with Gasteiger partial charge in [-0.1, -0.05) is 18.1 Å². The predicted molar refractivity (Wildman–Crippen MR) is 98.0 cm³/mol. The zero-order chi connectivity index (χ0) is 17.8. The molecule has 1 N–H and O–H groups in total. The fourth-order valence-corrected chi connectivity index (χ4v) is 2.85. The maximum absolute atomic E-state index is 12.3. The Labute approximate surface area is 147 Å². The fourth-order valence-electron chi connectivity index (χ4n) is 2.85. The predicted octanol–water partition coefficient (Wildman–Crippen LogP) is 4.41. The number of hydrogen-bond acceptors (Lipinski definition) is 4. The number of benzene rings is 2. The van der Waals surface area contributed by atoms with Crippen LogP contribution in [-0.4, -0.2) is 17.7 Å². The minimum atomic E-state index is -0.127. The highest BCUT2D eigenvalue weighted by atomic mass is 16.5. The molecule has 0 spiro atoms. The molecule has 5 nitrogen and oxygen atoms in total. The fraction of sp³-hybridized carbons (Fsp3) is 0.300. The zero-order valence-corrected chi connectivity index (χ0v) is 14.8. The highest BCUT2D eigenvalue weighted by Crippen LogP contribution is 2.25. The van der Waals surface area contributed by atoms with Gasteiger partial charge in [0.15, 0.2) is 5.58 Å². The first-order valence-corrected chi connectivity index (χ1v) is 8.45. The molecule has 0 radical (unpaired) electrons. The van der Waals surface area contributed by atoms with E-state index >= 15 is 0 Å². The third-order valence-corrected chi connectivity index (χ3v) is 3.93. The third-order valence-electron chi connectivity index (χ3n) is 3.93. The smallest absolute Gasteiger partial charge is 0.230 e. The minimum absolute atomic E-state index is 0.127. The van der Waals surface area contributed by atoms with Crippen molar-refractivity contribution in [1.29, 1.82) is 0 Å². The van der Waals surface area contributed by atoms with Gasteiger partial charge in [0.25, 0.3) is 0 Å². The number of anilines is 1. The third kappa shape index (κ3) is 3.99. The van der Waals surface area contributed by atoms with E-state index in [1.165, 1.54) is 0 Å². The number of aryl methyl sites for hydroxylation is 2. The van der Waals surface area contributed by atoms with Gasteiger partial charge in [-0.3, -0.25) is 4.79 Å². The Bertz CT molecular complexity index is 882. The number of rotatable bonds is 6. The molecular weight excluding hydrogens is 316 g/mol. The van der Waals surface area contributed by atoms with Crippen molar-refractivity contribution in [2.24, 2.45) is 0 Å². The van der Waals surface area contributed by atoms with Crippen molar-refractivity contribution < 1.29 is 14.1 Å². The number of nitrogens with zero attached hydrogens (tertiary/aromatic N) is 1. The quantitative estimate of drug-likeness (QED) is 0.723. The molecule has 2 aromatic carbocycles. The van der Waals surface area contributed by atoms with E-state index in [1.807, 2.05) is 44.2 Å². The summed E-state index contributed by atoms with van der Waals surface area (Å²) in [5.41, 5.74) is 4.29. The van der Waals surface area contributed by atoms with E-state index in [-0.39, 0.29) is 12.3 Å².